The number of benzene rings is 1. The van der Waals surface area contributed by atoms with Crippen LogP contribution in [0.25, 0.3) is 10.9 Å². The van der Waals surface area contributed by atoms with Crippen LogP contribution < -0.4 is 10.5 Å². The molecule has 0 amide bonds. The summed E-state index contributed by atoms with van der Waals surface area (Å²) in [6.07, 6.45) is 3.29. The fraction of sp³-hybridized carbons (Fsp3) is 0.529. The molecule has 1 saturated heterocycles. The van der Waals surface area contributed by atoms with E-state index in [-0.39, 0.29) is 12.3 Å². The molecule has 0 spiro atoms. The highest BCUT2D eigenvalue weighted by molar-refractivity contribution is 6.07. The van der Waals surface area contributed by atoms with Crippen molar-refractivity contribution in [2.45, 2.75) is 45.4 Å². The monoisotopic (exact) mass is 316 g/mol. The third-order valence-corrected chi connectivity index (χ3v) is 3.96. The first-order valence-corrected chi connectivity index (χ1v) is 8.13. The van der Waals surface area contributed by atoms with Crippen molar-refractivity contribution in [3.05, 3.63) is 23.9 Å². The van der Waals surface area contributed by atoms with Gasteiger partial charge in [-0.2, -0.15) is 5.10 Å². The van der Waals surface area contributed by atoms with E-state index in [0.29, 0.717) is 11.5 Å². The Bertz CT molecular complexity index is 715. The molecule has 0 bridgehead atoms. The molecule has 2 aromatic rings. The first-order valence-electron chi connectivity index (χ1n) is 8.13. The Morgan fingerprint density at radius 1 is 1.43 bits per heavy atom. The van der Waals surface area contributed by atoms with E-state index in [1.54, 1.807) is 7.05 Å². The van der Waals surface area contributed by atoms with E-state index in [9.17, 15) is 0 Å². The summed E-state index contributed by atoms with van der Waals surface area (Å²) in [5.74, 6) is 1.23. The van der Waals surface area contributed by atoms with Gasteiger partial charge in [0.05, 0.1) is 11.6 Å². The molecule has 124 valence electrons. The van der Waals surface area contributed by atoms with Gasteiger partial charge in [0.15, 0.2) is 6.23 Å². The van der Waals surface area contributed by atoms with Gasteiger partial charge in [0.1, 0.15) is 17.3 Å². The van der Waals surface area contributed by atoms with Crippen molar-refractivity contribution in [3.63, 3.8) is 0 Å². The van der Waals surface area contributed by atoms with Gasteiger partial charge in [-0.15, -0.1) is 0 Å². The van der Waals surface area contributed by atoms with E-state index in [1.165, 1.54) is 0 Å². The van der Waals surface area contributed by atoms with Gasteiger partial charge in [-0.25, -0.2) is 4.68 Å². The number of rotatable bonds is 4. The van der Waals surface area contributed by atoms with Crippen LogP contribution in [0, 0.1) is 0 Å². The quantitative estimate of drug-likeness (QED) is 0.695. The third-order valence-electron chi connectivity index (χ3n) is 3.96. The molecular weight excluding hydrogens is 292 g/mol. The summed E-state index contributed by atoms with van der Waals surface area (Å²) in [7, 11) is 1.67. The number of ether oxygens (including phenoxy) is 2. The molecule has 2 heterocycles. The first kappa shape index (κ1) is 15.8. The van der Waals surface area contributed by atoms with Gasteiger partial charge < -0.3 is 15.2 Å². The van der Waals surface area contributed by atoms with Crippen LogP contribution in [-0.2, 0) is 4.74 Å². The van der Waals surface area contributed by atoms with Crippen LogP contribution in [0.3, 0.4) is 0 Å². The highest BCUT2D eigenvalue weighted by Crippen LogP contribution is 2.30. The molecule has 1 aromatic heterocycles. The summed E-state index contributed by atoms with van der Waals surface area (Å²) in [5, 5.41) is 5.63. The van der Waals surface area contributed by atoms with Gasteiger partial charge in [0.25, 0.3) is 0 Å². The zero-order valence-corrected chi connectivity index (χ0v) is 14.0. The number of aromatic nitrogens is 2. The molecule has 1 aromatic carbocycles. The van der Waals surface area contributed by atoms with E-state index in [1.807, 2.05) is 36.7 Å². The van der Waals surface area contributed by atoms with Crippen LogP contribution in [-0.4, -0.2) is 35.4 Å². The minimum atomic E-state index is -0.0403. The summed E-state index contributed by atoms with van der Waals surface area (Å²) in [6, 6.07) is 5.96. The molecule has 0 saturated carbocycles. The average molecular weight is 316 g/mol. The van der Waals surface area contributed by atoms with Gasteiger partial charge >= 0.3 is 0 Å². The van der Waals surface area contributed by atoms with Crippen molar-refractivity contribution < 1.29 is 9.47 Å². The average Bonchev–Trinajstić information content (AvgIpc) is 2.93. The summed E-state index contributed by atoms with van der Waals surface area (Å²) < 4.78 is 13.6. The van der Waals surface area contributed by atoms with Crippen LogP contribution in [0.5, 0.6) is 5.75 Å². The lowest BCUT2D eigenvalue weighted by Crippen LogP contribution is -2.20. The molecule has 23 heavy (non-hydrogen) atoms. The minimum Gasteiger partial charge on any atom is -0.491 e. The van der Waals surface area contributed by atoms with Gasteiger partial charge in [-0.05, 0) is 51.3 Å². The molecular formula is C17H24N4O2. The van der Waals surface area contributed by atoms with Crippen molar-refractivity contribution in [2.75, 3.05) is 13.7 Å². The molecule has 1 aliphatic heterocycles. The number of fused-ring (bicyclic) bond motifs is 1. The molecule has 0 radical (unpaired) electrons. The highest BCUT2D eigenvalue weighted by Gasteiger charge is 2.22. The lowest BCUT2D eigenvalue weighted by atomic mass is 10.1. The molecule has 1 aliphatic rings. The molecule has 6 nitrogen and oxygen atoms in total. The van der Waals surface area contributed by atoms with Crippen LogP contribution in [0.1, 0.15) is 45.0 Å². The number of nitrogens with two attached hydrogens (primary N) is 1. The molecule has 0 aliphatic carbocycles. The predicted molar refractivity (Wildman–Crippen MR) is 91.0 cm³/mol. The number of aliphatic imine (C=N–C) groups is 1. The van der Waals surface area contributed by atoms with E-state index in [2.05, 4.69) is 10.1 Å². The van der Waals surface area contributed by atoms with E-state index in [0.717, 1.165) is 42.5 Å². The normalized spacial score (nSPS) is 19.5. The fourth-order valence-electron chi connectivity index (χ4n) is 2.90. The van der Waals surface area contributed by atoms with E-state index in [4.69, 9.17) is 15.2 Å². The second-order valence-corrected chi connectivity index (χ2v) is 6.07. The van der Waals surface area contributed by atoms with Crippen LogP contribution in [0.2, 0.25) is 0 Å². The van der Waals surface area contributed by atoms with Gasteiger partial charge in [-0.1, -0.05) is 0 Å². The molecule has 3 rings (SSSR count). The van der Waals surface area contributed by atoms with Gasteiger partial charge in [0, 0.05) is 19.0 Å². The lowest BCUT2D eigenvalue weighted by molar-refractivity contribution is -0.0367. The largest absolute Gasteiger partial charge is 0.491 e. The summed E-state index contributed by atoms with van der Waals surface area (Å²) in [5.41, 5.74) is 7.73. The third kappa shape index (κ3) is 3.17. The van der Waals surface area contributed by atoms with Crippen LogP contribution >= 0.6 is 0 Å². The van der Waals surface area contributed by atoms with Crippen LogP contribution in [0.4, 0.5) is 0 Å². The zero-order chi connectivity index (χ0) is 16.4. The molecule has 1 fully saturated rings. The summed E-state index contributed by atoms with van der Waals surface area (Å²) in [4.78, 5) is 4.09. The fourth-order valence-corrected chi connectivity index (χ4v) is 2.90. The maximum atomic E-state index is 6.05. The van der Waals surface area contributed by atoms with E-state index < -0.39 is 0 Å². The van der Waals surface area contributed by atoms with Crippen molar-refractivity contribution in [1.82, 2.24) is 9.78 Å². The summed E-state index contributed by atoms with van der Waals surface area (Å²) in [6.45, 7) is 4.78. The smallest absolute Gasteiger partial charge is 0.150 e. The Morgan fingerprint density at radius 3 is 2.91 bits per heavy atom. The molecule has 2 N–H and O–H groups in total. The maximum absolute atomic E-state index is 6.05. The minimum absolute atomic E-state index is 0.0403. The van der Waals surface area contributed by atoms with Crippen molar-refractivity contribution in [1.29, 1.82) is 0 Å². The van der Waals surface area contributed by atoms with Gasteiger partial charge in [0.2, 0.25) is 0 Å². The topological polar surface area (TPSA) is 74.7 Å². The van der Waals surface area contributed by atoms with E-state index >= 15 is 0 Å². The number of amidine groups is 1. The second-order valence-electron chi connectivity index (χ2n) is 6.07. The Labute approximate surface area is 136 Å². The zero-order valence-electron chi connectivity index (χ0n) is 14.0. The lowest BCUT2D eigenvalue weighted by Gasteiger charge is -2.23. The first-order chi connectivity index (χ1) is 11.1. The van der Waals surface area contributed by atoms with Gasteiger partial charge in [-0.3, -0.25) is 4.99 Å². The maximum Gasteiger partial charge on any atom is 0.150 e. The van der Waals surface area contributed by atoms with Crippen molar-refractivity contribution in [2.24, 2.45) is 10.7 Å². The van der Waals surface area contributed by atoms with Crippen molar-refractivity contribution >= 4 is 16.7 Å². The Hall–Kier alpha value is -2.08. The summed E-state index contributed by atoms with van der Waals surface area (Å²) >= 11 is 0. The van der Waals surface area contributed by atoms with Crippen molar-refractivity contribution in [3.8, 4) is 5.75 Å². The molecule has 1 atom stereocenters. The predicted octanol–water partition coefficient (Wildman–Crippen LogP) is 2.86. The standard InChI is InChI=1S/C17H24N4O2/c1-11(2)23-12-7-8-14-13(10-12)16(17(18)19-3)20-21(14)15-6-4-5-9-22-15/h7-8,10-11,15H,4-6,9H2,1-3H3,(H2,18,19). The number of nitrogens with zero attached hydrogens (tertiary/aromatic N) is 3. The SMILES string of the molecule is CN=C(N)c1nn(C2CCCCO2)c2ccc(OC(C)C)cc12. The Morgan fingerprint density at radius 2 is 2.26 bits per heavy atom. The number of hydrogen-bond donors (Lipinski definition) is 1. The Kier molecular flexibility index (Phi) is 4.52. The second kappa shape index (κ2) is 6.58. The highest BCUT2D eigenvalue weighted by atomic mass is 16.5. The molecule has 1 unspecified atom stereocenters. The number of hydrogen-bond acceptors (Lipinski definition) is 4. The Balaban J connectivity index is 2.10. The van der Waals surface area contributed by atoms with Crippen LogP contribution in [0.15, 0.2) is 23.2 Å². The molecule has 6 heteroatoms.